The summed E-state index contributed by atoms with van der Waals surface area (Å²) in [4.78, 5) is 27.6. The predicted octanol–water partition coefficient (Wildman–Crippen LogP) is 4.84. The van der Waals surface area contributed by atoms with E-state index in [1.54, 1.807) is 48.2 Å². The molecular weight excluding hydrogens is 413 g/mol. The van der Waals surface area contributed by atoms with Crippen LogP contribution >= 0.6 is 15.9 Å². The van der Waals surface area contributed by atoms with Crippen LogP contribution in [0.3, 0.4) is 0 Å². The first-order valence-corrected chi connectivity index (χ1v) is 9.80. The number of hydrogen-bond acceptors (Lipinski definition) is 3. The third-order valence-corrected chi connectivity index (χ3v) is 5.22. The van der Waals surface area contributed by atoms with Crippen molar-refractivity contribution < 1.29 is 18.7 Å². The highest BCUT2D eigenvalue weighted by molar-refractivity contribution is 9.10. The Kier molecular flexibility index (Phi) is 5.95. The van der Waals surface area contributed by atoms with Crippen LogP contribution in [0, 0.1) is 5.82 Å². The van der Waals surface area contributed by atoms with Crippen molar-refractivity contribution in [1.29, 1.82) is 0 Å². The van der Waals surface area contributed by atoms with Crippen molar-refractivity contribution in [3.05, 3.63) is 69.4 Å². The van der Waals surface area contributed by atoms with Gasteiger partial charge in [-0.2, -0.15) is 0 Å². The number of esters is 1. The van der Waals surface area contributed by atoms with Gasteiger partial charge in [0, 0.05) is 22.1 Å². The Labute approximate surface area is 166 Å². The monoisotopic (exact) mass is 433 g/mol. The number of ether oxygens (including phenoxy) is 1. The summed E-state index contributed by atoms with van der Waals surface area (Å²) in [6, 6.07) is 11.0. The van der Waals surface area contributed by atoms with Gasteiger partial charge in [-0.25, -0.2) is 4.39 Å². The number of fused-ring (bicyclic) bond motifs is 1. The van der Waals surface area contributed by atoms with E-state index in [4.69, 9.17) is 4.74 Å². The highest BCUT2D eigenvalue weighted by atomic mass is 79.9. The molecule has 3 rings (SSSR count). The van der Waals surface area contributed by atoms with Gasteiger partial charge in [0.05, 0.1) is 12.6 Å². The summed E-state index contributed by atoms with van der Waals surface area (Å²) in [6.07, 6.45) is 0.693. The molecule has 0 bridgehead atoms. The van der Waals surface area contributed by atoms with Gasteiger partial charge in [0.2, 0.25) is 0 Å². The Hall–Kier alpha value is -2.21. The molecule has 0 saturated carbocycles. The van der Waals surface area contributed by atoms with Crippen LogP contribution in [0.2, 0.25) is 0 Å². The number of carbonyl (C=O) groups excluding carboxylic acids is 2. The second-order valence-corrected chi connectivity index (χ2v) is 7.34. The molecule has 0 unspecified atom stereocenters. The number of benzene rings is 2. The molecule has 27 heavy (non-hydrogen) atoms. The van der Waals surface area contributed by atoms with Gasteiger partial charge in [-0.1, -0.05) is 47.1 Å². The molecule has 0 spiro atoms. The van der Waals surface area contributed by atoms with Gasteiger partial charge in [-0.05, 0) is 37.1 Å². The summed E-state index contributed by atoms with van der Waals surface area (Å²) in [6.45, 7) is 4.32. The van der Waals surface area contributed by atoms with Crippen LogP contribution in [0.4, 0.5) is 4.39 Å². The lowest BCUT2D eigenvalue weighted by Gasteiger charge is -2.41. The van der Waals surface area contributed by atoms with Crippen LogP contribution in [0.5, 0.6) is 0 Å². The molecule has 142 valence electrons. The second-order valence-electron chi connectivity index (χ2n) is 6.43. The molecule has 1 aliphatic heterocycles. The molecule has 6 heteroatoms. The van der Waals surface area contributed by atoms with Crippen LogP contribution in [0.25, 0.3) is 0 Å². The molecule has 0 radical (unpaired) electrons. The lowest BCUT2D eigenvalue weighted by Crippen LogP contribution is -2.46. The van der Waals surface area contributed by atoms with E-state index in [0.29, 0.717) is 34.1 Å². The van der Waals surface area contributed by atoms with Gasteiger partial charge in [-0.15, -0.1) is 0 Å². The first kappa shape index (κ1) is 19.5. The van der Waals surface area contributed by atoms with E-state index in [1.807, 2.05) is 6.92 Å². The molecule has 2 aromatic carbocycles. The molecule has 0 fully saturated rings. The predicted molar refractivity (Wildman–Crippen MR) is 104 cm³/mol. The fourth-order valence-electron chi connectivity index (χ4n) is 3.65. The zero-order valence-corrected chi connectivity index (χ0v) is 16.8. The smallest absolute Gasteiger partial charge is 0.315 e. The molecular formula is C21H21BrFNO3. The first-order valence-electron chi connectivity index (χ1n) is 9.01. The number of halogens is 2. The summed E-state index contributed by atoms with van der Waals surface area (Å²) in [5, 5.41) is 0. The Morgan fingerprint density at radius 3 is 2.59 bits per heavy atom. The Morgan fingerprint density at radius 1 is 1.19 bits per heavy atom. The number of nitrogens with zero attached hydrogens (tertiary/aromatic N) is 1. The van der Waals surface area contributed by atoms with Gasteiger partial charge in [0.1, 0.15) is 11.7 Å². The molecule has 0 aromatic heterocycles. The molecule has 2 atom stereocenters. The molecule has 1 amide bonds. The quantitative estimate of drug-likeness (QED) is 0.633. The highest BCUT2D eigenvalue weighted by Crippen LogP contribution is 2.44. The van der Waals surface area contributed by atoms with E-state index in [-0.39, 0.29) is 12.5 Å². The first-order chi connectivity index (χ1) is 13.0. The average molecular weight is 434 g/mol. The largest absolute Gasteiger partial charge is 0.465 e. The molecule has 0 N–H and O–H groups in total. The fourth-order valence-corrected chi connectivity index (χ4v) is 3.99. The van der Waals surface area contributed by atoms with E-state index in [9.17, 15) is 14.0 Å². The summed E-state index contributed by atoms with van der Waals surface area (Å²) in [5.41, 5.74) is 1.37. The molecule has 1 heterocycles. The SMILES string of the molecule is CCCN1C(=O)c2ccccc2[C@@H](C(=O)OCC)[C@@H]1c1ccc(Br)cc1F. The maximum atomic E-state index is 14.9. The van der Waals surface area contributed by atoms with E-state index in [2.05, 4.69) is 15.9 Å². The van der Waals surface area contributed by atoms with Crippen molar-refractivity contribution >= 4 is 27.8 Å². The van der Waals surface area contributed by atoms with Crippen molar-refractivity contribution in [2.45, 2.75) is 32.2 Å². The van der Waals surface area contributed by atoms with E-state index < -0.39 is 23.7 Å². The maximum Gasteiger partial charge on any atom is 0.315 e. The van der Waals surface area contributed by atoms with Gasteiger partial charge in [0.15, 0.2) is 0 Å². The van der Waals surface area contributed by atoms with Crippen LogP contribution < -0.4 is 0 Å². The number of rotatable bonds is 5. The zero-order chi connectivity index (χ0) is 19.6. The minimum absolute atomic E-state index is 0.194. The van der Waals surface area contributed by atoms with Crippen molar-refractivity contribution in [3.8, 4) is 0 Å². The summed E-state index contributed by atoms with van der Waals surface area (Å²) >= 11 is 3.26. The molecule has 4 nitrogen and oxygen atoms in total. The fraction of sp³-hybridized carbons (Fsp3) is 0.333. The lowest BCUT2D eigenvalue weighted by molar-refractivity contribution is -0.146. The number of carbonyl (C=O) groups is 2. The number of hydrogen-bond donors (Lipinski definition) is 0. The van der Waals surface area contributed by atoms with Gasteiger partial charge in [-0.3, -0.25) is 9.59 Å². The Morgan fingerprint density at radius 2 is 1.93 bits per heavy atom. The molecule has 0 aliphatic carbocycles. The zero-order valence-electron chi connectivity index (χ0n) is 15.2. The Bertz CT molecular complexity index is 870. The molecule has 2 aromatic rings. The minimum Gasteiger partial charge on any atom is -0.465 e. The molecule has 1 aliphatic rings. The Balaban J connectivity index is 2.23. The van der Waals surface area contributed by atoms with Crippen LogP contribution in [0.15, 0.2) is 46.9 Å². The van der Waals surface area contributed by atoms with Crippen molar-refractivity contribution in [2.75, 3.05) is 13.2 Å². The van der Waals surface area contributed by atoms with E-state index in [0.717, 1.165) is 0 Å². The van der Waals surface area contributed by atoms with Gasteiger partial charge >= 0.3 is 5.97 Å². The second kappa shape index (κ2) is 8.21. The summed E-state index contributed by atoms with van der Waals surface area (Å²) in [5.74, 6) is -1.88. The highest BCUT2D eigenvalue weighted by Gasteiger charge is 2.45. The van der Waals surface area contributed by atoms with Crippen LogP contribution in [-0.4, -0.2) is 29.9 Å². The lowest BCUT2D eigenvalue weighted by atomic mass is 9.79. The minimum atomic E-state index is -0.777. The third-order valence-electron chi connectivity index (χ3n) is 4.72. The summed E-state index contributed by atoms with van der Waals surface area (Å²) in [7, 11) is 0. The van der Waals surface area contributed by atoms with Crippen molar-refractivity contribution in [3.63, 3.8) is 0 Å². The maximum absolute atomic E-state index is 14.9. The number of amides is 1. The van der Waals surface area contributed by atoms with E-state index in [1.165, 1.54) is 6.07 Å². The van der Waals surface area contributed by atoms with Gasteiger partial charge < -0.3 is 9.64 Å². The summed E-state index contributed by atoms with van der Waals surface area (Å²) < 4.78 is 20.8. The molecule has 0 saturated heterocycles. The van der Waals surface area contributed by atoms with Crippen molar-refractivity contribution in [2.24, 2.45) is 0 Å². The standard InChI is InChI=1S/C21H21BrFNO3/c1-3-11-24-19(16-10-9-13(22)12-17(16)23)18(21(26)27-4-2)14-7-5-6-8-15(14)20(24)25/h5-10,12,18-19H,3-4,11H2,1-2H3/t18-,19+/m1/s1. The van der Waals surface area contributed by atoms with E-state index >= 15 is 0 Å². The normalized spacial score (nSPS) is 19.0. The van der Waals surface area contributed by atoms with Gasteiger partial charge in [0.25, 0.3) is 5.91 Å². The van der Waals surface area contributed by atoms with Crippen LogP contribution in [0.1, 0.15) is 53.7 Å². The average Bonchev–Trinajstić information content (AvgIpc) is 2.64. The topological polar surface area (TPSA) is 46.6 Å². The van der Waals surface area contributed by atoms with Crippen LogP contribution in [-0.2, 0) is 9.53 Å². The third kappa shape index (κ3) is 3.63. The van der Waals surface area contributed by atoms with Crippen molar-refractivity contribution in [1.82, 2.24) is 4.90 Å².